The Balaban J connectivity index is 1.62. The lowest BCUT2D eigenvalue weighted by molar-refractivity contribution is 0.182. The Morgan fingerprint density at radius 3 is 2.46 bits per heavy atom. The molecule has 28 heavy (non-hydrogen) atoms. The van der Waals surface area contributed by atoms with E-state index in [1.54, 1.807) is 12.1 Å². The van der Waals surface area contributed by atoms with Gasteiger partial charge in [0.2, 0.25) is 0 Å². The number of fused-ring (bicyclic) bond motifs is 1. The quantitative estimate of drug-likeness (QED) is 0.465. The third-order valence-electron chi connectivity index (χ3n) is 4.51. The molecule has 2 heterocycles. The zero-order chi connectivity index (χ0) is 19.5. The molecule has 0 atom stereocenters. The van der Waals surface area contributed by atoms with Crippen molar-refractivity contribution in [3.05, 3.63) is 88.5 Å². The van der Waals surface area contributed by atoms with Gasteiger partial charge in [-0.15, -0.1) is 4.73 Å². The number of anilines is 1. The van der Waals surface area contributed by atoms with E-state index in [-0.39, 0.29) is 5.65 Å². The van der Waals surface area contributed by atoms with Crippen LogP contribution in [0.4, 0.5) is 5.82 Å². The maximum Gasteiger partial charge on any atom is 0.384 e. The Morgan fingerprint density at radius 1 is 1.00 bits per heavy atom. The van der Waals surface area contributed by atoms with Gasteiger partial charge in [0.05, 0.1) is 5.39 Å². The van der Waals surface area contributed by atoms with Gasteiger partial charge in [-0.25, -0.2) is 9.78 Å². The van der Waals surface area contributed by atoms with Gasteiger partial charge in [0.15, 0.2) is 5.65 Å². The minimum atomic E-state index is -0.777. The van der Waals surface area contributed by atoms with Crippen LogP contribution in [0.2, 0.25) is 0 Å². The number of nitrogens with one attached hydrogen (secondary N) is 1. The number of benzene rings is 2. The van der Waals surface area contributed by atoms with Crippen molar-refractivity contribution in [3.8, 4) is 11.1 Å². The summed E-state index contributed by atoms with van der Waals surface area (Å²) in [5.74, 6) is 0.383. The summed E-state index contributed by atoms with van der Waals surface area (Å²) in [6.07, 6.45) is 1.51. The molecule has 2 aromatic carbocycles. The molecule has 2 aromatic heterocycles. The molecule has 0 fully saturated rings. The molecule has 7 nitrogen and oxygen atoms in total. The van der Waals surface area contributed by atoms with Crippen LogP contribution in [0, 0.1) is 0 Å². The molecule has 4 rings (SSSR count). The lowest BCUT2D eigenvalue weighted by Gasteiger charge is -2.11. The molecule has 0 saturated heterocycles. The molecule has 0 amide bonds. The smallest absolute Gasteiger partial charge is 0.384 e. The van der Waals surface area contributed by atoms with Crippen LogP contribution < -0.4 is 16.7 Å². The highest BCUT2D eigenvalue weighted by atomic mass is 16.5. The molecule has 0 aliphatic heterocycles. The van der Waals surface area contributed by atoms with Gasteiger partial charge >= 0.3 is 5.69 Å². The van der Waals surface area contributed by atoms with E-state index in [9.17, 15) is 10.0 Å². The monoisotopic (exact) mass is 373 g/mol. The lowest BCUT2D eigenvalue weighted by atomic mass is 10.0. The molecular formula is C21H19N5O2. The Labute approximate surface area is 161 Å². The number of pyridine rings is 1. The van der Waals surface area contributed by atoms with Gasteiger partial charge in [0.25, 0.3) is 0 Å². The number of rotatable bonds is 5. The Bertz CT molecular complexity index is 1200. The zero-order valence-electron chi connectivity index (χ0n) is 15.0. The fourth-order valence-electron chi connectivity index (χ4n) is 3.10. The largest absolute Gasteiger partial charge is 0.422 e. The van der Waals surface area contributed by atoms with E-state index in [2.05, 4.69) is 27.4 Å². The number of nitrogens with two attached hydrogens (primary N) is 1. The first-order valence-electron chi connectivity index (χ1n) is 8.85. The first kappa shape index (κ1) is 17.7. The number of hydrogen-bond donors (Lipinski definition) is 3. The van der Waals surface area contributed by atoms with Crippen LogP contribution in [0.5, 0.6) is 0 Å². The van der Waals surface area contributed by atoms with Crippen molar-refractivity contribution < 1.29 is 5.21 Å². The molecule has 0 radical (unpaired) electrons. The fourth-order valence-corrected chi connectivity index (χ4v) is 3.10. The highest BCUT2D eigenvalue weighted by Crippen LogP contribution is 2.23. The van der Waals surface area contributed by atoms with E-state index >= 15 is 0 Å². The molecule has 140 valence electrons. The van der Waals surface area contributed by atoms with Gasteiger partial charge < -0.3 is 16.3 Å². The topological polar surface area (TPSA) is 106 Å². The summed E-state index contributed by atoms with van der Waals surface area (Å²) >= 11 is 0. The minimum Gasteiger partial charge on any atom is -0.422 e. The van der Waals surface area contributed by atoms with E-state index in [0.29, 0.717) is 29.0 Å². The minimum absolute atomic E-state index is 0.164. The van der Waals surface area contributed by atoms with Crippen LogP contribution in [-0.4, -0.2) is 19.9 Å². The Kier molecular flexibility index (Phi) is 4.74. The molecule has 0 saturated carbocycles. The van der Waals surface area contributed by atoms with Gasteiger partial charge in [-0.2, -0.15) is 4.98 Å². The van der Waals surface area contributed by atoms with Crippen molar-refractivity contribution >= 4 is 16.9 Å². The number of aromatic nitrogens is 3. The van der Waals surface area contributed by atoms with E-state index in [0.717, 1.165) is 22.3 Å². The van der Waals surface area contributed by atoms with Gasteiger partial charge in [0, 0.05) is 19.3 Å². The number of hydrogen-bond acceptors (Lipinski definition) is 6. The van der Waals surface area contributed by atoms with Gasteiger partial charge in [-0.3, -0.25) is 0 Å². The molecule has 0 aliphatic rings. The summed E-state index contributed by atoms with van der Waals surface area (Å²) in [6, 6.07) is 19.7. The third-order valence-corrected chi connectivity index (χ3v) is 4.51. The average Bonchev–Trinajstić information content (AvgIpc) is 2.75. The van der Waals surface area contributed by atoms with Crippen LogP contribution in [0.1, 0.15) is 11.1 Å². The molecule has 4 N–H and O–H groups in total. The zero-order valence-corrected chi connectivity index (χ0v) is 15.0. The van der Waals surface area contributed by atoms with Crippen LogP contribution >= 0.6 is 0 Å². The predicted molar refractivity (Wildman–Crippen MR) is 108 cm³/mol. The predicted octanol–water partition coefficient (Wildman–Crippen LogP) is 2.77. The van der Waals surface area contributed by atoms with E-state index in [1.165, 1.54) is 6.20 Å². The summed E-state index contributed by atoms with van der Waals surface area (Å²) in [4.78, 5) is 19.8. The van der Waals surface area contributed by atoms with Crippen molar-refractivity contribution in [1.29, 1.82) is 0 Å². The SMILES string of the molecule is NCc1cccc(-c2cccc(CNc3nc(=O)n(O)c4ncccc34)c2)c1. The van der Waals surface area contributed by atoms with Crippen molar-refractivity contribution in [1.82, 2.24) is 14.7 Å². The maximum absolute atomic E-state index is 11.9. The van der Waals surface area contributed by atoms with E-state index in [4.69, 9.17) is 5.73 Å². The second-order valence-electron chi connectivity index (χ2n) is 6.39. The Morgan fingerprint density at radius 2 is 1.71 bits per heavy atom. The summed E-state index contributed by atoms with van der Waals surface area (Å²) < 4.78 is 0.450. The third kappa shape index (κ3) is 3.43. The first-order chi connectivity index (χ1) is 13.7. The maximum atomic E-state index is 11.9. The van der Waals surface area contributed by atoms with Gasteiger partial charge in [-0.05, 0) is 46.5 Å². The molecule has 4 aromatic rings. The van der Waals surface area contributed by atoms with Gasteiger partial charge in [0.1, 0.15) is 5.82 Å². The highest BCUT2D eigenvalue weighted by Gasteiger charge is 2.10. The summed E-state index contributed by atoms with van der Waals surface area (Å²) in [6.45, 7) is 0.967. The Hall–Kier alpha value is -3.71. The van der Waals surface area contributed by atoms with E-state index in [1.807, 2.05) is 36.4 Å². The summed E-state index contributed by atoms with van der Waals surface area (Å²) in [5.41, 5.74) is 9.42. The van der Waals surface area contributed by atoms with Gasteiger partial charge in [-0.1, -0.05) is 36.4 Å². The van der Waals surface area contributed by atoms with Crippen LogP contribution in [0.25, 0.3) is 22.2 Å². The fraction of sp³-hybridized carbons (Fsp3) is 0.0952. The second kappa shape index (κ2) is 7.50. The average molecular weight is 373 g/mol. The molecule has 0 spiro atoms. The van der Waals surface area contributed by atoms with Crippen molar-refractivity contribution in [2.75, 3.05) is 5.32 Å². The van der Waals surface area contributed by atoms with Crippen LogP contribution in [-0.2, 0) is 13.1 Å². The molecule has 0 bridgehead atoms. The molecule has 0 aliphatic carbocycles. The lowest BCUT2D eigenvalue weighted by Crippen LogP contribution is -2.23. The molecule has 7 heteroatoms. The standard InChI is InChI=1S/C21H19N5O2/c22-12-14-4-1-6-16(10-14)17-7-2-5-15(11-17)13-24-19-18-8-3-9-23-20(18)26(28)21(27)25-19/h1-11,28H,12-13,22H2,(H,24,25,27). The normalized spacial score (nSPS) is 10.9. The van der Waals surface area contributed by atoms with E-state index < -0.39 is 5.69 Å². The summed E-state index contributed by atoms with van der Waals surface area (Å²) in [7, 11) is 0. The summed E-state index contributed by atoms with van der Waals surface area (Å²) in [5, 5.41) is 13.6. The van der Waals surface area contributed by atoms with Crippen molar-refractivity contribution in [2.24, 2.45) is 5.73 Å². The first-order valence-corrected chi connectivity index (χ1v) is 8.85. The number of nitrogens with zero attached hydrogens (tertiary/aromatic N) is 3. The van der Waals surface area contributed by atoms with Crippen LogP contribution in [0.15, 0.2) is 71.7 Å². The van der Waals surface area contributed by atoms with Crippen molar-refractivity contribution in [2.45, 2.75) is 13.1 Å². The van der Waals surface area contributed by atoms with Crippen LogP contribution in [0.3, 0.4) is 0 Å². The molecule has 0 unspecified atom stereocenters. The highest BCUT2D eigenvalue weighted by molar-refractivity contribution is 5.86. The molecular weight excluding hydrogens is 354 g/mol. The second-order valence-corrected chi connectivity index (χ2v) is 6.39. The van der Waals surface area contributed by atoms with Crippen molar-refractivity contribution in [3.63, 3.8) is 0 Å².